The molecule has 10 heteroatoms. The summed E-state index contributed by atoms with van der Waals surface area (Å²) < 4.78 is 1.49. The zero-order valence-electron chi connectivity index (χ0n) is 12.9. The maximum atomic E-state index is 10.5. The molecular formula is C14H16N8O2. The van der Waals surface area contributed by atoms with Crippen molar-refractivity contribution in [3.8, 4) is 11.4 Å². The van der Waals surface area contributed by atoms with E-state index in [1.165, 1.54) is 11.0 Å². The molecule has 0 atom stereocenters. The molecule has 0 radical (unpaired) electrons. The lowest BCUT2D eigenvalue weighted by molar-refractivity contribution is -0.394. The number of hydrogen-bond donors (Lipinski definition) is 0. The molecule has 0 unspecified atom stereocenters. The van der Waals surface area contributed by atoms with E-state index in [-0.39, 0.29) is 5.95 Å². The van der Waals surface area contributed by atoms with E-state index >= 15 is 0 Å². The second-order valence-electron chi connectivity index (χ2n) is 5.20. The van der Waals surface area contributed by atoms with E-state index in [9.17, 15) is 10.1 Å². The third-order valence-corrected chi connectivity index (χ3v) is 3.42. The van der Waals surface area contributed by atoms with Gasteiger partial charge in [0.05, 0.1) is 13.1 Å². The molecule has 3 rings (SSSR count). The Morgan fingerprint density at radius 2 is 1.83 bits per heavy atom. The van der Waals surface area contributed by atoms with Gasteiger partial charge in [-0.1, -0.05) is 35.3 Å². The molecule has 0 spiro atoms. The molecule has 2 aromatic heterocycles. The summed E-state index contributed by atoms with van der Waals surface area (Å²) in [4.78, 5) is 15.1. The summed E-state index contributed by atoms with van der Waals surface area (Å²) in [6, 6.07) is 9.70. The van der Waals surface area contributed by atoms with E-state index in [4.69, 9.17) is 0 Å². The van der Waals surface area contributed by atoms with Crippen molar-refractivity contribution in [1.29, 1.82) is 0 Å². The van der Waals surface area contributed by atoms with Crippen LogP contribution >= 0.6 is 0 Å². The van der Waals surface area contributed by atoms with E-state index in [2.05, 4.69) is 25.5 Å². The highest BCUT2D eigenvalue weighted by Gasteiger charge is 2.12. The highest BCUT2D eigenvalue weighted by atomic mass is 16.6. The number of benzene rings is 1. The standard InChI is InChI=1S/C14H16N8O2/c23-22(24)14-15-11-20(18-14)9-5-2-6-10-21-17-13(16-19-21)12-7-3-1-4-8-12/h1,3-4,7-8,11H,2,5-6,9-10H2. The average Bonchev–Trinajstić information content (AvgIpc) is 3.25. The van der Waals surface area contributed by atoms with Gasteiger partial charge in [-0.15, -0.1) is 10.2 Å². The van der Waals surface area contributed by atoms with Gasteiger partial charge in [-0.2, -0.15) is 9.48 Å². The Balaban J connectivity index is 1.40. The Kier molecular flexibility index (Phi) is 4.84. The van der Waals surface area contributed by atoms with Crippen LogP contribution in [0.15, 0.2) is 36.7 Å². The maximum Gasteiger partial charge on any atom is 0.490 e. The summed E-state index contributed by atoms with van der Waals surface area (Å²) >= 11 is 0. The second kappa shape index (κ2) is 7.40. The first kappa shape index (κ1) is 15.7. The highest BCUT2D eigenvalue weighted by molar-refractivity contribution is 5.52. The fourth-order valence-electron chi connectivity index (χ4n) is 2.22. The molecule has 10 nitrogen and oxygen atoms in total. The number of tetrazole rings is 1. The molecule has 0 aliphatic heterocycles. The molecule has 0 bridgehead atoms. The molecule has 0 fully saturated rings. The van der Waals surface area contributed by atoms with Crippen LogP contribution in [0, 0.1) is 10.1 Å². The van der Waals surface area contributed by atoms with Gasteiger partial charge in [-0.05, 0) is 29.4 Å². The number of aromatic nitrogens is 7. The van der Waals surface area contributed by atoms with Crippen molar-refractivity contribution in [2.24, 2.45) is 0 Å². The minimum atomic E-state index is -0.600. The Morgan fingerprint density at radius 3 is 2.58 bits per heavy atom. The fraction of sp³-hybridized carbons (Fsp3) is 0.357. The number of hydrogen-bond acceptors (Lipinski definition) is 7. The largest absolute Gasteiger partial charge is 0.490 e. The zero-order valence-corrected chi connectivity index (χ0v) is 12.9. The smallest absolute Gasteiger partial charge is 0.390 e. The topological polar surface area (TPSA) is 117 Å². The summed E-state index contributed by atoms with van der Waals surface area (Å²) in [5.41, 5.74) is 0.941. The van der Waals surface area contributed by atoms with Gasteiger partial charge < -0.3 is 10.1 Å². The van der Waals surface area contributed by atoms with Crippen LogP contribution in [0.2, 0.25) is 0 Å². The van der Waals surface area contributed by atoms with Crippen LogP contribution in [0.4, 0.5) is 5.95 Å². The molecule has 1 aromatic carbocycles. The summed E-state index contributed by atoms with van der Waals surface area (Å²) in [5, 5.41) is 26.7. The minimum absolute atomic E-state index is 0.366. The summed E-state index contributed by atoms with van der Waals surface area (Å²) in [7, 11) is 0. The second-order valence-corrected chi connectivity index (χ2v) is 5.20. The molecule has 0 aliphatic rings. The van der Waals surface area contributed by atoms with Crippen LogP contribution in [-0.4, -0.2) is 39.9 Å². The predicted molar refractivity (Wildman–Crippen MR) is 83.8 cm³/mol. The Morgan fingerprint density at radius 1 is 1.04 bits per heavy atom. The third kappa shape index (κ3) is 3.97. The number of nitrogens with zero attached hydrogens (tertiary/aromatic N) is 8. The van der Waals surface area contributed by atoms with Gasteiger partial charge in [0.1, 0.15) is 0 Å². The lowest BCUT2D eigenvalue weighted by atomic mass is 10.2. The number of nitro groups is 1. The van der Waals surface area contributed by atoms with Gasteiger partial charge in [0, 0.05) is 10.7 Å². The SMILES string of the molecule is O=[N+]([O-])c1ncn(CCCCCn2nnc(-c3ccccc3)n2)n1. The molecule has 24 heavy (non-hydrogen) atoms. The van der Waals surface area contributed by atoms with Crippen molar-refractivity contribution >= 4 is 5.95 Å². The third-order valence-electron chi connectivity index (χ3n) is 3.42. The van der Waals surface area contributed by atoms with E-state index in [0.717, 1.165) is 24.8 Å². The van der Waals surface area contributed by atoms with Crippen LogP contribution in [0.5, 0.6) is 0 Å². The molecule has 3 aromatic rings. The molecule has 0 saturated carbocycles. The minimum Gasteiger partial charge on any atom is -0.390 e. The van der Waals surface area contributed by atoms with Crippen LogP contribution in [0.1, 0.15) is 19.3 Å². The van der Waals surface area contributed by atoms with Crippen LogP contribution in [0.25, 0.3) is 11.4 Å². The zero-order chi connectivity index (χ0) is 16.8. The van der Waals surface area contributed by atoms with Crippen molar-refractivity contribution in [2.75, 3.05) is 0 Å². The lowest BCUT2D eigenvalue weighted by Crippen LogP contribution is -2.04. The number of unbranched alkanes of at least 4 members (excludes halogenated alkanes) is 2. The van der Waals surface area contributed by atoms with Crippen molar-refractivity contribution in [3.63, 3.8) is 0 Å². The van der Waals surface area contributed by atoms with Gasteiger partial charge >= 0.3 is 5.95 Å². The van der Waals surface area contributed by atoms with Gasteiger partial charge in [0.15, 0.2) is 0 Å². The van der Waals surface area contributed by atoms with Crippen LogP contribution in [0.3, 0.4) is 0 Å². The summed E-state index contributed by atoms with van der Waals surface area (Å²) in [6.45, 7) is 1.28. The predicted octanol–water partition coefficient (Wildman–Crippen LogP) is 1.71. The van der Waals surface area contributed by atoms with Crippen LogP contribution in [-0.2, 0) is 13.1 Å². The molecular weight excluding hydrogens is 312 g/mol. The van der Waals surface area contributed by atoms with Crippen LogP contribution < -0.4 is 0 Å². The number of aryl methyl sites for hydroxylation is 2. The first-order valence-corrected chi connectivity index (χ1v) is 7.59. The Hall–Kier alpha value is -3.17. The molecule has 0 amide bonds. The van der Waals surface area contributed by atoms with E-state index in [1.54, 1.807) is 4.80 Å². The van der Waals surface area contributed by atoms with E-state index in [0.29, 0.717) is 18.9 Å². The molecule has 0 aliphatic carbocycles. The van der Waals surface area contributed by atoms with Gasteiger partial charge in [0.2, 0.25) is 12.2 Å². The Bertz CT molecular complexity index is 798. The Labute approximate surface area is 137 Å². The summed E-state index contributed by atoms with van der Waals surface area (Å²) in [5.74, 6) is 0.251. The fourth-order valence-corrected chi connectivity index (χ4v) is 2.22. The average molecular weight is 328 g/mol. The van der Waals surface area contributed by atoms with E-state index < -0.39 is 4.92 Å². The molecule has 124 valence electrons. The van der Waals surface area contributed by atoms with Gasteiger partial charge in [0.25, 0.3) is 0 Å². The monoisotopic (exact) mass is 328 g/mol. The van der Waals surface area contributed by atoms with E-state index in [1.807, 2.05) is 30.3 Å². The quantitative estimate of drug-likeness (QED) is 0.351. The van der Waals surface area contributed by atoms with Gasteiger partial charge in [-0.25, -0.2) is 0 Å². The molecule has 0 saturated heterocycles. The highest BCUT2D eigenvalue weighted by Crippen LogP contribution is 2.12. The summed E-state index contributed by atoms with van der Waals surface area (Å²) in [6.07, 6.45) is 4.04. The van der Waals surface area contributed by atoms with Crippen molar-refractivity contribution < 1.29 is 4.92 Å². The maximum absolute atomic E-state index is 10.5. The van der Waals surface area contributed by atoms with Gasteiger partial charge in [-0.3, -0.25) is 0 Å². The molecule has 0 N–H and O–H groups in total. The first-order valence-electron chi connectivity index (χ1n) is 7.59. The normalized spacial score (nSPS) is 10.8. The number of rotatable bonds is 8. The van der Waals surface area contributed by atoms with Crippen molar-refractivity contribution in [2.45, 2.75) is 32.4 Å². The molecule has 2 heterocycles. The first-order chi connectivity index (χ1) is 11.7. The van der Waals surface area contributed by atoms with Crippen molar-refractivity contribution in [1.82, 2.24) is 35.0 Å². The van der Waals surface area contributed by atoms with Crippen molar-refractivity contribution in [3.05, 3.63) is 46.8 Å². The lowest BCUT2D eigenvalue weighted by Gasteiger charge is -1.99.